The molecule has 7 nitrogen and oxygen atoms in total. The van der Waals surface area contributed by atoms with Crippen LogP contribution in [-0.2, 0) is 11.2 Å². The maximum atomic E-state index is 12.5. The molecule has 0 aliphatic carbocycles. The molecule has 2 N–H and O–H groups in total. The Morgan fingerprint density at radius 1 is 0.973 bits per heavy atom. The Hall–Kier alpha value is -3.84. The van der Waals surface area contributed by atoms with E-state index in [4.69, 9.17) is 4.74 Å². The molecule has 190 valence electrons. The second-order valence-corrected chi connectivity index (χ2v) is 10.2. The highest BCUT2D eigenvalue weighted by molar-refractivity contribution is 5.94. The molecular weight excluding hydrogens is 462 g/mol. The maximum Gasteiger partial charge on any atom is 0.224 e. The molecule has 1 aromatic heterocycles. The van der Waals surface area contributed by atoms with Crippen LogP contribution in [-0.4, -0.2) is 61.3 Å². The predicted molar refractivity (Wildman–Crippen MR) is 149 cm³/mol. The van der Waals surface area contributed by atoms with Gasteiger partial charge in [0, 0.05) is 54.9 Å². The number of likely N-dealkylation sites (N-methyl/N-ethyl adjacent to an activating group) is 1. The van der Waals surface area contributed by atoms with Crippen molar-refractivity contribution in [3.05, 3.63) is 71.8 Å². The van der Waals surface area contributed by atoms with Gasteiger partial charge in [-0.1, -0.05) is 24.3 Å². The maximum absolute atomic E-state index is 12.5. The summed E-state index contributed by atoms with van der Waals surface area (Å²) >= 11 is 0. The van der Waals surface area contributed by atoms with Crippen molar-refractivity contribution in [3.63, 3.8) is 0 Å². The van der Waals surface area contributed by atoms with E-state index in [1.54, 1.807) is 7.11 Å². The molecule has 1 atom stereocenters. The van der Waals surface area contributed by atoms with Gasteiger partial charge in [0.2, 0.25) is 5.91 Å². The zero-order valence-electron chi connectivity index (χ0n) is 21.5. The average Bonchev–Trinajstić information content (AvgIpc) is 3.34. The third kappa shape index (κ3) is 4.79. The number of aromatic nitrogens is 2. The summed E-state index contributed by atoms with van der Waals surface area (Å²) < 4.78 is 5.44. The number of carbonyl (C=O) groups excluding carboxylic acids is 1. The van der Waals surface area contributed by atoms with Crippen LogP contribution in [0.25, 0.3) is 22.2 Å². The second kappa shape index (κ2) is 9.90. The fourth-order valence-electron chi connectivity index (χ4n) is 5.56. The van der Waals surface area contributed by atoms with Gasteiger partial charge in [0.15, 0.2) is 0 Å². The number of methoxy groups -OCH3 is 1. The van der Waals surface area contributed by atoms with Gasteiger partial charge in [-0.05, 0) is 73.3 Å². The van der Waals surface area contributed by atoms with Crippen LogP contribution in [0.4, 0.5) is 11.4 Å². The smallest absolute Gasteiger partial charge is 0.224 e. The highest BCUT2D eigenvalue weighted by atomic mass is 16.5. The second-order valence-electron chi connectivity index (χ2n) is 10.2. The molecule has 3 heterocycles. The molecule has 3 aromatic carbocycles. The molecule has 0 spiro atoms. The molecule has 0 saturated carbocycles. The lowest BCUT2D eigenvalue weighted by molar-refractivity contribution is -0.116. The first-order valence-electron chi connectivity index (χ1n) is 13.1. The van der Waals surface area contributed by atoms with E-state index in [9.17, 15) is 4.79 Å². The van der Waals surface area contributed by atoms with Crippen molar-refractivity contribution in [2.75, 3.05) is 50.6 Å². The number of nitrogens with zero attached hydrogens (tertiary/aromatic N) is 3. The number of piperazine rings is 1. The van der Waals surface area contributed by atoms with Gasteiger partial charge in [-0.15, -0.1) is 0 Å². The fourth-order valence-corrected chi connectivity index (χ4v) is 5.56. The zero-order valence-corrected chi connectivity index (χ0v) is 21.5. The number of hydrogen-bond acceptors (Lipinski definition) is 5. The van der Waals surface area contributed by atoms with Crippen molar-refractivity contribution < 1.29 is 9.53 Å². The van der Waals surface area contributed by atoms with Crippen LogP contribution in [0.15, 0.2) is 60.7 Å². The first kappa shape index (κ1) is 23.6. The number of carbonyl (C=O) groups is 1. The average molecular weight is 496 g/mol. The van der Waals surface area contributed by atoms with Gasteiger partial charge in [0.05, 0.1) is 18.3 Å². The van der Waals surface area contributed by atoms with Crippen LogP contribution >= 0.6 is 0 Å². The molecule has 7 heteroatoms. The highest BCUT2D eigenvalue weighted by Gasteiger charge is 2.22. The lowest BCUT2D eigenvalue weighted by Gasteiger charge is -2.34. The minimum absolute atomic E-state index is 0.0565. The van der Waals surface area contributed by atoms with Gasteiger partial charge in [-0.25, -0.2) is 0 Å². The topological polar surface area (TPSA) is 73.5 Å². The van der Waals surface area contributed by atoms with Crippen LogP contribution < -0.4 is 15.0 Å². The summed E-state index contributed by atoms with van der Waals surface area (Å²) in [6.45, 7) is 4.31. The van der Waals surface area contributed by atoms with E-state index in [0.29, 0.717) is 6.42 Å². The lowest BCUT2D eigenvalue weighted by Crippen LogP contribution is -2.44. The summed E-state index contributed by atoms with van der Waals surface area (Å²) in [4.78, 5) is 17.3. The van der Waals surface area contributed by atoms with Gasteiger partial charge in [0.1, 0.15) is 5.75 Å². The summed E-state index contributed by atoms with van der Waals surface area (Å²) in [5.41, 5.74) is 7.57. The SMILES string of the molecule is COc1ccc2c(c1)C[C@H](c1ccc3c(-c4ccc(N5CCN(C)CC5)cc4)n[nH]c3c1)CCC(=O)N2. The monoisotopic (exact) mass is 495 g/mol. The number of H-pyrrole nitrogens is 1. The Morgan fingerprint density at radius 2 is 1.78 bits per heavy atom. The predicted octanol–water partition coefficient (Wildman–Crippen LogP) is 5.05. The number of amides is 1. The Morgan fingerprint density at radius 3 is 2.57 bits per heavy atom. The molecule has 1 fully saturated rings. The molecule has 1 saturated heterocycles. The van der Waals surface area contributed by atoms with Crippen LogP contribution in [0, 0.1) is 0 Å². The van der Waals surface area contributed by atoms with E-state index in [1.807, 2.05) is 18.2 Å². The zero-order chi connectivity index (χ0) is 25.4. The normalized spacial score (nSPS) is 18.7. The van der Waals surface area contributed by atoms with Crippen molar-refractivity contribution in [1.82, 2.24) is 15.1 Å². The molecule has 2 aliphatic rings. The number of rotatable bonds is 4. The van der Waals surface area contributed by atoms with E-state index in [0.717, 1.165) is 78.2 Å². The molecule has 4 aromatic rings. The van der Waals surface area contributed by atoms with Crippen molar-refractivity contribution in [1.29, 1.82) is 0 Å². The molecule has 0 unspecified atom stereocenters. The molecule has 37 heavy (non-hydrogen) atoms. The fraction of sp³-hybridized carbons (Fsp3) is 0.333. The molecule has 0 radical (unpaired) electrons. The molecule has 1 amide bonds. The summed E-state index contributed by atoms with van der Waals surface area (Å²) in [5.74, 6) is 1.09. The van der Waals surface area contributed by atoms with Crippen LogP contribution in [0.2, 0.25) is 0 Å². The quantitative estimate of drug-likeness (QED) is 0.415. The van der Waals surface area contributed by atoms with E-state index >= 15 is 0 Å². The number of aromatic amines is 1. The van der Waals surface area contributed by atoms with Gasteiger partial charge in [0.25, 0.3) is 0 Å². The van der Waals surface area contributed by atoms with Gasteiger partial charge in [-0.2, -0.15) is 5.10 Å². The number of fused-ring (bicyclic) bond motifs is 2. The molecule has 0 bridgehead atoms. The van der Waals surface area contributed by atoms with E-state index in [1.165, 1.54) is 11.3 Å². The van der Waals surface area contributed by atoms with E-state index in [2.05, 4.69) is 74.8 Å². The molecular formula is C30H33N5O2. The Labute approximate surface area is 217 Å². The van der Waals surface area contributed by atoms with Crippen LogP contribution in [0.1, 0.15) is 29.9 Å². The van der Waals surface area contributed by atoms with Gasteiger partial charge >= 0.3 is 0 Å². The number of nitrogens with one attached hydrogen (secondary N) is 2. The largest absolute Gasteiger partial charge is 0.497 e. The van der Waals surface area contributed by atoms with Crippen molar-refractivity contribution in [2.45, 2.75) is 25.2 Å². The summed E-state index contributed by atoms with van der Waals surface area (Å²) in [5, 5.41) is 12.1. The number of benzene rings is 3. The first-order valence-corrected chi connectivity index (χ1v) is 13.1. The van der Waals surface area contributed by atoms with Crippen molar-refractivity contribution >= 4 is 28.2 Å². The Bertz CT molecular complexity index is 1420. The molecule has 6 rings (SSSR count). The summed E-state index contributed by atoms with van der Waals surface area (Å²) in [7, 11) is 3.85. The van der Waals surface area contributed by atoms with Crippen molar-refractivity contribution in [2.24, 2.45) is 0 Å². The first-order chi connectivity index (χ1) is 18.1. The highest BCUT2D eigenvalue weighted by Crippen LogP contribution is 2.36. The standard InChI is InChI=1S/C30H33N5O2/c1-34-13-15-35(16-14-34)24-7-3-20(4-8-24)30-26-10-5-22(19-28(26)32-33-30)21-6-12-29(36)31-27-11-9-25(37-2)18-23(27)17-21/h3-5,7-11,18-19,21H,6,12-17H2,1-2H3,(H,31,36)(H,32,33)/t21-/m1/s1. The van der Waals surface area contributed by atoms with Crippen molar-refractivity contribution in [3.8, 4) is 17.0 Å². The minimum atomic E-state index is 0.0565. The Balaban J connectivity index is 1.26. The molecule has 2 aliphatic heterocycles. The summed E-state index contributed by atoms with van der Waals surface area (Å²) in [6, 6.07) is 21.2. The van der Waals surface area contributed by atoms with E-state index < -0.39 is 0 Å². The Kier molecular flexibility index (Phi) is 6.30. The number of hydrogen-bond donors (Lipinski definition) is 2. The number of anilines is 2. The van der Waals surface area contributed by atoms with Gasteiger partial charge < -0.3 is 19.9 Å². The van der Waals surface area contributed by atoms with E-state index in [-0.39, 0.29) is 11.8 Å². The summed E-state index contributed by atoms with van der Waals surface area (Å²) in [6.07, 6.45) is 2.14. The van der Waals surface area contributed by atoms with Gasteiger partial charge in [-0.3, -0.25) is 9.89 Å². The lowest BCUT2D eigenvalue weighted by atomic mass is 9.86. The third-order valence-electron chi connectivity index (χ3n) is 7.84. The van der Waals surface area contributed by atoms with Crippen LogP contribution in [0.5, 0.6) is 5.75 Å². The number of ether oxygens (including phenoxy) is 1. The van der Waals surface area contributed by atoms with Crippen LogP contribution in [0.3, 0.4) is 0 Å². The minimum Gasteiger partial charge on any atom is -0.497 e. The third-order valence-corrected chi connectivity index (χ3v) is 7.84.